The van der Waals surface area contributed by atoms with Gasteiger partial charge in [-0.05, 0) is 24.5 Å². The second-order valence-corrected chi connectivity index (χ2v) is 6.14. The highest BCUT2D eigenvalue weighted by Crippen LogP contribution is 2.18. The van der Waals surface area contributed by atoms with Crippen LogP contribution in [-0.4, -0.2) is 30.1 Å². The number of para-hydroxylation sites is 1. The number of aliphatic imine (C=N–C) groups is 1. The Labute approximate surface area is 119 Å². The van der Waals surface area contributed by atoms with Crippen molar-refractivity contribution < 1.29 is 4.74 Å². The van der Waals surface area contributed by atoms with Gasteiger partial charge in [0.2, 0.25) is 0 Å². The summed E-state index contributed by atoms with van der Waals surface area (Å²) < 4.78 is 5.61. The number of hydrogen-bond acceptors (Lipinski definition) is 3. The van der Waals surface area contributed by atoms with Crippen LogP contribution in [-0.2, 0) is 0 Å². The molecule has 4 heteroatoms. The summed E-state index contributed by atoms with van der Waals surface area (Å²) in [6, 6.07) is 10.5. The Kier molecular flexibility index (Phi) is 5.58. The van der Waals surface area contributed by atoms with Crippen molar-refractivity contribution in [3.8, 4) is 5.75 Å². The van der Waals surface area contributed by atoms with Crippen molar-refractivity contribution in [3.05, 3.63) is 30.3 Å². The highest BCUT2D eigenvalue weighted by molar-refractivity contribution is 8.14. The van der Waals surface area contributed by atoms with Crippen LogP contribution in [0.5, 0.6) is 5.75 Å². The molecule has 0 saturated carbocycles. The molecule has 0 radical (unpaired) electrons. The summed E-state index contributed by atoms with van der Waals surface area (Å²) in [7, 11) is 0. The van der Waals surface area contributed by atoms with Gasteiger partial charge in [0.15, 0.2) is 5.17 Å². The molecule has 1 aromatic rings. The Bertz CT molecular complexity index is 406. The molecule has 1 N–H and O–H groups in total. The van der Waals surface area contributed by atoms with Crippen molar-refractivity contribution >= 4 is 16.9 Å². The van der Waals surface area contributed by atoms with Gasteiger partial charge >= 0.3 is 0 Å². The summed E-state index contributed by atoms with van der Waals surface area (Å²) in [6.45, 7) is 5.85. The average Bonchev–Trinajstić information content (AvgIpc) is 2.83. The molecular weight excluding hydrogens is 256 g/mol. The van der Waals surface area contributed by atoms with E-state index in [2.05, 4.69) is 24.2 Å². The third-order valence-electron chi connectivity index (χ3n) is 2.86. The largest absolute Gasteiger partial charge is 0.492 e. The predicted octanol–water partition coefficient (Wildman–Crippen LogP) is 3.17. The highest BCUT2D eigenvalue weighted by atomic mass is 32.2. The summed E-state index contributed by atoms with van der Waals surface area (Å²) in [5.41, 5.74) is 0. The van der Waals surface area contributed by atoms with Crippen molar-refractivity contribution in [1.82, 2.24) is 5.32 Å². The first kappa shape index (κ1) is 14.3. The Hall–Kier alpha value is -1.16. The highest BCUT2D eigenvalue weighted by Gasteiger charge is 2.20. The standard InChI is InChI=1S/C15H22N2OS/c1-12(2)10-13-11-19-15(17-13)16-8-9-18-14-6-4-3-5-7-14/h3-7,12-13H,8-11H2,1-2H3,(H,16,17). The van der Waals surface area contributed by atoms with Crippen LogP contribution in [0.1, 0.15) is 20.3 Å². The van der Waals surface area contributed by atoms with Gasteiger partial charge in [0.25, 0.3) is 0 Å². The lowest BCUT2D eigenvalue weighted by molar-refractivity contribution is 0.328. The van der Waals surface area contributed by atoms with E-state index in [-0.39, 0.29) is 0 Å². The molecule has 0 spiro atoms. The lowest BCUT2D eigenvalue weighted by atomic mass is 10.1. The molecule has 1 heterocycles. The molecule has 0 amide bonds. The van der Waals surface area contributed by atoms with Crippen molar-refractivity contribution in [3.63, 3.8) is 0 Å². The van der Waals surface area contributed by atoms with Crippen molar-refractivity contribution in [2.24, 2.45) is 10.9 Å². The van der Waals surface area contributed by atoms with Crippen LogP contribution in [0.3, 0.4) is 0 Å². The SMILES string of the molecule is CC(C)CC1CSC(=NCCOc2ccccc2)N1. The summed E-state index contributed by atoms with van der Waals surface area (Å²) in [5.74, 6) is 2.78. The van der Waals surface area contributed by atoms with Crippen LogP contribution in [0.15, 0.2) is 35.3 Å². The molecule has 1 fully saturated rings. The number of rotatable bonds is 6. The summed E-state index contributed by atoms with van der Waals surface area (Å²) in [6.07, 6.45) is 1.21. The van der Waals surface area contributed by atoms with Crippen LogP contribution < -0.4 is 10.1 Å². The number of hydrogen-bond donors (Lipinski definition) is 1. The van der Waals surface area contributed by atoms with Crippen LogP contribution in [0.25, 0.3) is 0 Å². The molecule has 1 saturated heterocycles. The third-order valence-corrected chi connectivity index (χ3v) is 3.95. The van der Waals surface area contributed by atoms with Gasteiger partial charge < -0.3 is 10.1 Å². The summed E-state index contributed by atoms with van der Waals surface area (Å²) >= 11 is 1.82. The fourth-order valence-corrected chi connectivity index (χ4v) is 3.06. The fraction of sp³-hybridized carbons (Fsp3) is 0.533. The summed E-state index contributed by atoms with van der Waals surface area (Å²) in [4.78, 5) is 4.54. The number of ether oxygens (including phenoxy) is 1. The lowest BCUT2D eigenvalue weighted by Gasteiger charge is -2.11. The molecule has 2 rings (SSSR count). The first-order chi connectivity index (χ1) is 9.24. The van der Waals surface area contributed by atoms with E-state index in [4.69, 9.17) is 4.74 Å². The topological polar surface area (TPSA) is 33.6 Å². The zero-order valence-corrected chi connectivity index (χ0v) is 12.5. The first-order valence-electron chi connectivity index (χ1n) is 6.85. The normalized spacial score (nSPS) is 20.8. The minimum Gasteiger partial charge on any atom is -0.492 e. The molecule has 1 unspecified atom stereocenters. The van der Waals surface area contributed by atoms with Crippen molar-refractivity contribution in [2.45, 2.75) is 26.3 Å². The molecule has 0 bridgehead atoms. The molecule has 1 aliphatic rings. The fourth-order valence-electron chi connectivity index (χ4n) is 2.05. The van der Waals surface area contributed by atoms with Gasteiger partial charge in [0.1, 0.15) is 12.4 Å². The van der Waals surface area contributed by atoms with E-state index in [0.29, 0.717) is 19.2 Å². The van der Waals surface area contributed by atoms with Crippen LogP contribution >= 0.6 is 11.8 Å². The van der Waals surface area contributed by atoms with E-state index in [9.17, 15) is 0 Å². The molecule has 19 heavy (non-hydrogen) atoms. The maximum Gasteiger partial charge on any atom is 0.156 e. The molecular formula is C15H22N2OS. The van der Waals surface area contributed by atoms with Gasteiger partial charge in [0.05, 0.1) is 6.54 Å². The van der Waals surface area contributed by atoms with Crippen molar-refractivity contribution in [2.75, 3.05) is 18.9 Å². The molecule has 0 aromatic heterocycles. The number of nitrogens with one attached hydrogen (secondary N) is 1. The van der Waals surface area contributed by atoms with E-state index < -0.39 is 0 Å². The van der Waals surface area contributed by atoms with E-state index in [1.807, 2.05) is 42.1 Å². The minimum atomic E-state index is 0.582. The van der Waals surface area contributed by atoms with Gasteiger partial charge in [-0.3, -0.25) is 4.99 Å². The number of amidine groups is 1. The van der Waals surface area contributed by atoms with Crippen LogP contribution in [0, 0.1) is 5.92 Å². The maximum atomic E-state index is 5.61. The molecule has 1 aromatic carbocycles. The molecule has 3 nitrogen and oxygen atoms in total. The first-order valence-corrected chi connectivity index (χ1v) is 7.84. The average molecular weight is 278 g/mol. The maximum absolute atomic E-state index is 5.61. The molecule has 1 atom stereocenters. The van der Waals surface area contributed by atoms with E-state index in [1.165, 1.54) is 6.42 Å². The van der Waals surface area contributed by atoms with Crippen LogP contribution in [0.4, 0.5) is 0 Å². The number of benzene rings is 1. The van der Waals surface area contributed by atoms with Crippen molar-refractivity contribution in [1.29, 1.82) is 0 Å². The lowest BCUT2D eigenvalue weighted by Crippen LogP contribution is -2.28. The zero-order chi connectivity index (χ0) is 13.5. The Morgan fingerprint density at radius 1 is 1.37 bits per heavy atom. The minimum absolute atomic E-state index is 0.582. The number of thioether (sulfide) groups is 1. The van der Waals surface area contributed by atoms with Gasteiger partial charge in [-0.25, -0.2) is 0 Å². The molecule has 1 aliphatic heterocycles. The Morgan fingerprint density at radius 2 is 2.16 bits per heavy atom. The van der Waals surface area contributed by atoms with Gasteiger partial charge in [0, 0.05) is 11.8 Å². The van der Waals surface area contributed by atoms with Gasteiger partial charge in [-0.1, -0.05) is 43.8 Å². The van der Waals surface area contributed by atoms with E-state index in [1.54, 1.807) is 0 Å². The zero-order valence-electron chi connectivity index (χ0n) is 11.6. The third kappa shape index (κ3) is 5.15. The molecule has 104 valence electrons. The van der Waals surface area contributed by atoms with Gasteiger partial charge in [-0.15, -0.1) is 0 Å². The Morgan fingerprint density at radius 3 is 2.89 bits per heavy atom. The monoisotopic (exact) mass is 278 g/mol. The predicted molar refractivity (Wildman–Crippen MR) is 83.1 cm³/mol. The summed E-state index contributed by atoms with van der Waals surface area (Å²) in [5, 5.41) is 4.55. The van der Waals surface area contributed by atoms with E-state index in [0.717, 1.165) is 22.6 Å². The number of nitrogens with zero attached hydrogens (tertiary/aromatic N) is 1. The second-order valence-electron chi connectivity index (χ2n) is 5.13. The van der Waals surface area contributed by atoms with E-state index >= 15 is 0 Å². The second kappa shape index (κ2) is 7.43. The smallest absolute Gasteiger partial charge is 0.156 e. The van der Waals surface area contributed by atoms with Gasteiger partial charge in [-0.2, -0.15) is 0 Å². The van der Waals surface area contributed by atoms with Crippen LogP contribution in [0.2, 0.25) is 0 Å². The Balaban J connectivity index is 1.67. The molecule has 0 aliphatic carbocycles. The quantitative estimate of drug-likeness (QED) is 0.811.